The lowest BCUT2D eigenvalue weighted by Crippen LogP contribution is -2.33. The third-order valence-corrected chi connectivity index (χ3v) is 4.54. The first-order valence-electron chi connectivity index (χ1n) is 7.78. The van der Waals surface area contributed by atoms with Crippen molar-refractivity contribution in [1.29, 1.82) is 0 Å². The second-order valence-corrected chi connectivity index (χ2v) is 6.17. The molecule has 1 aromatic carbocycles. The number of halogens is 1. The summed E-state index contributed by atoms with van der Waals surface area (Å²) in [5.74, 6) is 0.111. The Hall–Kier alpha value is -1.85. The van der Waals surface area contributed by atoms with Gasteiger partial charge in [-0.05, 0) is 25.5 Å². The van der Waals surface area contributed by atoms with Gasteiger partial charge in [0.25, 0.3) is 5.91 Å². The fourth-order valence-corrected chi connectivity index (χ4v) is 3.21. The van der Waals surface area contributed by atoms with Gasteiger partial charge in [-0.2, -0.15) is 0 Å². The second kappa shape index (κ2) is 6.72. The molecular weight excluding hydrogens is 316 g/mol. The first kappa shape index (κ1) is 16.0. The molecule has 6 heteroatoms. The van der Waals surface area contributed by atoms with Crippen molar-refractivity contribution in [3.05, 3.63) is 45.2 Å². The van der Waals surface area contributed by atoms with Crippen LogP contribution in [0.1, 0.15) is 23.7 Å². The van der Waals surface area contributed by atoms with Crippen LogP contribution in [0.2, 0.25) is 5.02 Å². The predicted octanol–water partition coefficient (Wildman–Crippen LogP) is 2.68. The molecule has 0 radical (unpaired) electrons. The number of hydrogen-bond acceptors (Lipinski definition) is 3. The molecule has 1 aliphatic heterocycles. The van der Waals surface area contributed by atoms with Crippen molar-refractivity contribution in [3.8, 4) is 0 Å². The number of carbonyl (C=O) groups excluding carboxylic acids is 1. The van der Waals surface area contributed by atoms with Gasteiger partial charge in [0, 0.05) is 37.2 Å². The zero-order valence-electron chi connectivity index (χ0n) is 13.0. The number of nitrogens with one attached hydrogen (secondary N) is 1. The Labute approximate surface area is 139 Å². The summed E-state index contributed by atoms with van der Waals surface area (Å²) in [6, 6.07) is 5.10. The Balaban J connectivity index is 1.85. The van der Waals surface area contributed by atoms with E-state index in [4.69, 9.17) is 16.3 Å². The third-order valence-electron chi connectivity index (χ3n) is 4.22. The number of hydrogen-bond donors (Lipinski definition) is 1. The van der Waals surface area contributed by atoms with E-state index in [0.29, 0.717) is 48.1 Å². The Bertz CT molecular complexity index is 787. The number of para-hydroxylation sites is 1. The summed E-state index contributed by atoms with van der Waals surface area (Å²) >= 11 is 6.08. The van der Waals surface area contributed by atoms with Crippen LogP contribution in [0.5, 0.6) is 0 Å². The number of carbonyl (C=O) groups is 1. The van der Waals surface area contributed by atoms with E-state index in [2.05, 4.69) is 4.98 Å². The van der Waals surface area contributed by atoms with E-state index in [-0.39, 0.29) is 16.9 Å². The van der Waals surface area contributed by atoms with E-state index in [1.54, 1.807) is 23.1 Å². The molecular formula is C17H19ClN2O3. The summed E-state index contributed by atoms with van der Waals surface area (Å²) in [6.45, 7) is 4.58. The van der Waals surface area contributed by atoms with E-state index in [1.165, 1.54) is 6.20 Å². The SMILES string of the molecule is CCOC[C@@H]1CCN(C(=O)c2c[nH]c3c(Cl)cccc3c2=O)C1. The Kier molecular flexibility index (Phi) is 4.68. The van der Waals surface area contributed by atoms with Crippen LogP contribution in [-0.2, 0) is 4.74 Å². The second-order valence-electron chi connectivity index (χ2n) is 5.76. The number of aromatic nitrogens is 1. The number of pyridine rings is 1. The molecule has 5 nitrogen and oxygen atoms in total. The molecule has 1 aromatic heterocycles. The number of aromatic amines is 1. The predicted molar refractivity (Wildman–Crippen MR) is 90.1 cm³/mol. The molecule has 0 spiro atoms. The number of nitrogens with zero attached hydrogens (tertiary/aromatic N) is 1. The van der Waals surface area contributed by atoms with Gasteiger partial charge in [-0.25, -0.2) is 0 Å². The van der Waals surface area contributed by atoms with Gasteiger partial charge in [0.1, 0.15) is 5.56 Å². The van der Waals surface area contributed by atoms with Gasteiger partial charge in [-0.1, -0.05) is 17.7 Å². The van der Waals surface area contributed by atoms with Gasteiger partial charge >= 0.3 is 0 Å². The van der Waals surface area contributed by atoms with Crippen molar-refractivity contribution < 1.29 is 9.53 Å². The van der Waals surface area contributed by atoms with Gasteiger partial charge in [-0.15, -0.1) is 0 Å². The van der Waals surface area contributed by atoms with Crippen LogP contribution in [-0.4, -0.2) is 42.1 Å². The number of likely N-dealkylation sites (tertiary alicyclic amines) is 1. The molecule has 1 N–H and O–H groups in total. The molecule has 1 aliphatic rings. The maximum absolute atomic E-state index is 12.6. The van der Waals surface area contributed by atoms with Crippen molar-refractivity contribution in [3.63, 3.8) is 0 Å². The number of benzene rings is 1. The summed E-state index contributed by atoms with van der Waals surface area (Å²) in [5, 5.41) is 0.907. The number of ether oxygens (including phenoxy) is 1. The van der Waals surface area contributed by atoms with Crippen LogP contribution in [0.25, 0.3) is 10.9 Å². The minimum Gasteiger partial charge on any atom is -0.381 e. The van der Waals surface area contributed by atoms with Gasteiger partial charge in [-0.3, -0.25) is 9.59 Å². The summed E-state index contributed by atoms with van der Waals surface area (Å²) in [7, 11) is 0. The minimum atomic E-state index is -0.278. The molecule has 1 saturated heterocycles. The molecule has 1 amide bonds. The lowest BCUT2D eigenvalue weighted by molar-refractivity contribution is 0.0761. The van der Waals surface area contributed by atoms with Gasteiger partial charge < -0.3 is 14.6 Å². The fourth-order valence-electron chi connectivity index (χ4n) is 2.98. The van der Waals surface area contributed by atoms with Crippen LogP contribution in [0.15, 0.2) is 29.2 Å². The van der Waals surface area contributed by atoms with Crippen LogP contribution < -0.4 is 5.43 Å². The first-order valence-corrected chi connectivity index (χ1v) is 8.16. The van der Waals surface area contributed by atoms with Crippen molar-refractivity contribution in [1.82, 2.24) is 9.88 Å². The van der Waals surface area contributed by atoms with Crippen LogP contribution in [0.3, 0.4) is 0 Å². The largest absolute Gasteiger partial charge is 0.381 e. The van der Waals surface area contributed by atoms with Crippen molar-refractivity contribution in [2.45, 2.75) is 13.3 Å². The highest BCUT2D eigenvalue weighted by Crippen LogP contribution is 2.21. The van der Waals surface area contributed by atoms with Crippen LogP contribution in [0, 0.1) is 5.92 Å². The van der Waals surface area contributed by atoms with E-state index in [1.807, 2.05) is 6.92 Å². The summed E-state index contributed by atoms with van der Waals surface area (Å²) in [6.07, 6.45) is 2.37. The Morgan fingerprint density at radius 3 is 3.09 bits per heavy atom. The quantitative estimate of drug-likeness (QED) is 0.935. The summed E-state index contributed by atoms with van der Waals surface area (Å²) < 4.78 is 5.43. The molecule has 122 valence electrons. The van der Waals surface area contributed by atoms with E-state index < -0.39 is 0 Å². The normalized spacial score (nSPS) is 17.8. The lowest BCUT2D eigenvalue weighted by atomic mass is 10.1. The summed E-state index contributed by atoms with van der Waals surface area (Å²) in [5.41, 5.74) is 0.447. The number of rotatable bonds is 4. The van der Waals surface area contributed by atoms with E-state index >= 15 is 0 Å². The zero-order valence-corrected chi connectivity index (χ0v) is 13.7. The van der Waals surface area contributed by atoms with Gasteiger partial charge in [0.2, 0.25) is 5.43 Å². The van der Waals surface area contributed by atoms with Crippen LogP contribution >= 0.6 is 11.6 Å². The summed E-state index contributed by atoms with van der Waals surface area (Å²) in [4.78, 5) is 29.9. The number of amides is 1. The van der Waals surface area contributed by atoms with E-state index in [9.17, 15) is 9.59 Å². The Morgan fingerprint density at radius 2 is 2.30 bits per heavy atom. The van der Waals surface area contributed by atoms with Crippen molar-refractivity contribution in [2.24, 2.45) is 5.92 Å². The molecule has 1 fully saturated rings. The topological polar surface area (TPSA) is 62.4 Å². The zero-order chi connectivity index (χ0) is 16.4. The Morgan fingerprint density at radius 1 is 1.48 bits per heavy atom. The van der Waals surface area contributed by atoms with Gasteiger partial charge in [0.15, 0.2) is 0 Å². The third kappa shape index (κ3) is 3.12. The first-order chi connectivity index (χ1) is 11.1. The average molecular weight is 335 g/mol. The highest BCUT2D eigenvalue weighted by Gasteiger charge is 2.28. The molecule has 3 rings (SSSR count). The maximum atomic E-state index is 12.6. The average Bonchev–Trinajstić information content (AvgIpc) is 3.02. The van der Waals surface area contributed by atoms with Crippen molar-refractivity contribution >= 4 is 28.4 Å². The molecule has 1 atom stereocenters. The van der Waals surface area contributed by atoms with Gasteiger partial charge in [0.05, 0.1) is 17.1 Å². The number of fused-ring (bicyclic) bond motifs is 1. The van der Waals surface area contributed by atoms with E-state index in [0.717, 1.165) is 6.42 Å². The molecule has 0 bridgehead atoms. The smallest absolute Gasteiger partial charge is 0.259 e. The molecule has 0 unspecified atom stereocenters. The molecule has 2 aromatic rings. The molecule has 23 heavy (non-hydrogen) atoms. The highest BCUT2D eigenvalue weighted by molar-refractivity contribution is 6.35. The standard InChI is InChI=1S/C17H19ClN2O3/c1-2-23-10-11-6-7-20(9-11)17(22)13-8-19-15-12(16(13)21)4-3-5-14(15)18/h3-5,8,11H,2,6-7,9-10H2,1H3,(H,19,21)/t11-/m1/s1. The number of H-pyrrole nitrogens is 1. The fraction of sp³-hybridized carbons (Fsp3) is 0.412. The minimum absolute atomic E-state index is 0.164. The monoisotopic (exact) mass is 334 g/mol. The van der Waals surface area contributed by atoms with Crippen molar-refractivity contribution in [2.75, 3.05) is 26.3 Å². The molecule has 2 heterocycles. The maximum Gasteiger partial charge on any atom is 0.259 e. The molecule has 0 saturated carbocycles. The highest BCUT2D eigenvalue weighted by atomic mass is 35.5. The lowest BCUT2D eigenvalue weighted by Gasteiger charge is -2.16. The molecule has 0 aliphatic carbocycles. The van der Waals surface area contributed by atoms with Crippen LogP contribution in [0.4, 0.5) is 0 Å².